The third kappa shape index (κ3) is 4.20. The topological polar surface area (TPSA) is 84.1 Å². The third-order valence-electron chi connectivity index (χ3n) is 2.27. The Bertz CT molecular complexity index is 335. The van der Waals surface area contributed by atoms with Gasteiger partial charge in [-0.2, -0.15) is 4.98 Å². The summed E-state index contributed by atoms with van der Waals surface area (Å²) in [6.07, 6.45) is 3.39. The molecular weight excluding hydrogens is 228 g/mol. The molecule has 16 heavy (non-hydrogen) atoms. The van der Waals surface area contributed by atoms with Gasteiger partial charge in [-0.1, -0.05) is 6.92 Å². The molecule has 0 amide bonds. The number of hydrogen-bond donors (Lipinski definition) is 3. The Kier molecular flexibility index (Phi) is 5.28. The van der Waals surface area contributed by atoms with E-state index in [4.69, 9.17) is 22.4 Å². The van der Waals surface area contributed by atoms with Crippen LogP contribution in [0.2, 0.25) is 5.28 Å². The van der Waals surface area contributed by atoms with Crippen molar-refractivity contribution < 1.29 is 5.11 Å². The molecule has 0 bridgehead atoms. The summed E-state index contributed by atoms with van der Waals surface area (Å²) in [5.74, 6) is 0.893. The lowest BCUT2D eigenvalue weighted by Gasteiger charge is -2.10. The quantitative estimate of drug-likeness (QED) is 0.522. The zero-order chi connectivity index (χ0) is 12.0. The van der Waals surface area contributed by atoms with E-state index in [2.05, 4.69) is 15.3 Å². The minimum Gasteiger partial charge on any atom is -0.396 e. The molecule has 0 aliphatic carbocycles. The molecule has 4 N–H and O–H groups in total. The number of aliphatic hydroxyl groups excluding tert-OH is 1. The summed E-state index contributed by atoms with van der Waals surface area (Å²) in [5, 5.41) is 12.1. The van der Waals surface area contributed by atoms with E-state index in [1.807, 2.05) is 6.92 Å². The van der Waals surface area contributed by atoms with Crippen molar-refractivity contribution in [2.24, 2.45) is 5.92 Å². The Hall–Kier alpha value is -1.07. The normalized spacial score (nSPS) is 12.4. The van der Waals surface area contributed by atoms with Crippen LogP contribution in [0.3, 0.4) is 0 Å². The van der Waals surface area contributed by atoms with Crippen molar-refractivity contribution in [2.45, 2.75) is 19.8 Å². The molecule has 0 aromatic carbocycles. The highest BCUT2D eigenvalue weighted by molar-refractivity contribution is 6.28. The Morgan fingerprint density at radius 3 is 3.06 bits per heavy atom. The van der Waals surface area contributed by atoms with E-state index in [1.165, 1.54) is 6.20 Å². The van der Waals surface area contributed by atoms with Gasteiger partial charge in [-0.3, -0.25) is 0 Å². The number of rotatable bonds is 6. The first kappa shape index (κ1) is 13.0. The Balaban J connectivity index is 2.34. The van der Waals surface area contributed by atoms with Gasteiger partial charge in [0.25, 0.3) is 0 Å². The van der Waals surface area contributed by atoms with Crippen LogP contribution in [0.15, 0.2) is 6.20 Å². The average Bonchev–Trinajstić information content (AvgIpc) is 2.28. The lowest BCUT2D eigenvalue weighted by molar-refractivity contribution is 0.229. The predicted octanol–water partition coefficient (Wildman–Crippen LogP) is 1.53. The van der Waals surface area contributed by atoms with E-state index in [0.717, 1.165) is 19.4 Å². The number of halogens is 1. The molecule has 0 radical (unpaired) electrons. The summed E-state index contributed by atoms with van der Waals surface area (Å²) < 4.78 is 0. The Morgan fingerprint density at radius 2 is 2.38 bits per heavy atom. The van der Waals surface area contributed by atoms with Gasteiger partial charge in [0.05, 0.1) is 11.9 Å². The van der Waals surface area contributed by atoms with Gasteiger partial charge in [-0.15, -0.1) is 0 Å². The van der Waals surface area contributed by atoms with Gasteiger partial charge < -0.3 is 16.2 Å². The molecule has 1 aromatic rings. The van der Waals surface area contributed by atoms with Crippen molar-refractivity contribution in [3.8, 4) is 0 Å². The number of nitrogens with zero attached hydrogens (tertiary/aromatic N) is 2. The molecule has 1 heterocycles. The van der Waals surface area contributed by atoms with E-state index in [0.29, 0.717) is 17.4 Å². The van der Waals surface area contributed by atoms with Gasteiger partial charge >= 0.3 is 0 Å². The van der Waals surface area contributed by atoms with E-state index < -0.39 is 0 Å². The van der Waals surface area contributed by atoms with Crippen LogP contribution >= 0.6 is 11.6 Å². The summed E-state index contributed by atoms with van der Waals surface area (Å²) in [5.41, 5.74) is 6.16. The van der Waals surface area contributed by atoms with Gasteiger partial charge in [0.2, 0.25) is 5.28 Å². The fourth-order valence-electron chi connectivity index (χ4n) is 1.26. The van der Waals surface area contributed by atoms with E-state index in [9.17, 15) is 0 Å². The zero-order valence-corrected chi connectivity index (χ0v) is 10.0. The first-order chi connectivity index (χ1) is 7.63. The largest absolute Gasteiger partial charge is 0.396 e. The smallest absolute Gasteiger partial charge is 0.224 e. The maximum atomic E-state index is 8.85. The van der Waals surface area contributed by atoms with E-state index >= 15 is 0 Å². The molecule has 0 saturated carbocycles. The molecule has 0 saturated heterocycles. The van der Waals surface area contributed by atoms with Crippen LogP contribution in [0.1, 0.15) is 19.8 Å². The fraction of sp³-hybridized carbons (Fsp3) is 0.600. The molecule has 1 aromatic heterocycles. The second kappa shape index (κ2) is 6.50. The molecule has 5 nitrogen and oxygen atoms in total. The maximum absolute atomic E-state index is 8.85. The highest BCUT2D eigenvalue weighted by Gasteiger charge is 2.03. The third-order valence-corrected chi connectivity index (χ3v) is 2.45. The minimum atomic E-state index is 0.181. The minimum absolute atomic E-state index is 0.181. The number of hydrogen-bond acceptors (Lipinski definition) is 5. The van der Waals surface area contributed by atoms with Crippen molar-refractivity contribution in [3.05, 3.63) is 11.5 Å². The van der Waals surface area contributed by atoms with Crippen LogP contribution < -0.4 is 11.1 Å². The van der Waals surface area contributed by atoms with Crippen LogP contribution in [0.5, 0.6) is 0 Å². The number of nitrogen functional groups attached to an aromatic ring is 1. The Morgan fingerprint density at radius 1 is 1.62 bits per heavy atom. The molecule has 1 unspecified atom stereocenters. The lowest BCUT2D eigenvalue weighted by atomic mass is 10.1. The summed E-state index contributed by atoms with van der Waals surface area (Å²) in [7, 11) is 0. The van der Waals surface area contributed by atoms with Crippen LogP contribution in [-0.2, 0) is 0 Å². The molecule has 1 rings (SSSR count). The van der Waals surface area contributed by atoms with E-state index in [1.54, 1.807) is 0 Å². The SMILES string of the molecule is CC(CO)CCCNc1nc(Cl)ncc1N. The molecule has 6 heteroatoms. The summed E-state index contributed by atoms with van der Waals surface area (Å²) >= 11 is 5.65. The van der Waals surface area contributed by atoms with Gasteiger partial charge in [0, 0.05) is 13.2 Å². The number of nitrogens with one attached hydrogen (secondary N) is 1. The van der Waals surface area contributed by atoms with Crippen LogP contribution in [0, 0.1) is 5.92 Å². The number of aliphatic hydroxyl groups is 1. The summed E-state index contributed by atoms with van der Waals surface area (Å²) in [6.45, 7) is 2.99. The molecule has 0 fully saturated rings. The average molecular weight is 245 g/mol. The molecule has 1 atom stereocenters. The molecule has 0 spiro atoms. The van der Waals surface area contributed by atoms with Crippen LogP contribution in [0.4, 0.5) is 11.5 Å². The van der Waals surface area contributed by atoms with Crippen molar-refractivity contribution >= 4 is 23.1 Å². The van der Waals surface area contributed by atoms with Gasteiger partial charge in [0.15, 0.2) is 5.82 Å². The molecular formula is C10H17ClN4O. The summed E-state index contributed by atoms with van der Waals surface area (Å²) in [4.78, 5) is 7.74. The van der Waals surface area contributed by atoms with E-state index in [-0.39, 0.29) is 11.9 Å². The number of nitrogens with two attached hydrogens (primary N) is 1. The number of aromatic nitrogens is 2. The summed E-state index contributed by atoms with van der Waals surface area (Å²) in [6, 6.07) is 0. The van der Waals surface area contributed by atoms with Crippen molar-refractivity contribution in [1.29, 1.82) is 0 Å². The fourth-order valence-corrected chi connectivity index (χ4v) is 1.39. The second-order valence-corrected chi connectivity index (χ2v) is 4.14. The maximum Gasteiger partial charge on any atom is 0.224 e. The second-order valence-electron chi connectivity index (χ2n) is 3.80. The zero-order valence-electron chi connectivity index (χ0n) is 9.28. The first-order valence-electron chi connectivity index (χ1n) is 5.26. The highest BCUT2D eigenvalue weighted by atomic mass is 35.5. The first-order valence-corrected chi connectivity index (χ1v) is 5.64. The molecule has 90 valence electrons. The van der Waals surface area contributed by atoms with Crippen LogP contribution in [0.25, 0.3) is 0 Å². The van der Waals surface area contributed by atoms with Crippen molar-refractivity contribution in [2.75, 3.05) is 24.2 Å². The van der Waals surface area contributed by atoms with Crippen molar-refractivity contribution in [1.82, 2.24) is 9.97 Å². The molecule has 0 aliphatic heterocycles. The predicted molar refractivity (Wildman–Crippen MR) is 65.4 cm³/mol. The Labute approximate surface area is 100 Å². The molecule has 0 aliphatic rings. The van der Waals surface area contributed by atoms with Gasteiger partial charge in [-0.05, 0) is 30.4 Å². The standard InChI is InChI=1S/C10H17ClN4O/c1-7(6-16)3-2-4-13-9-8(12)5-14-10(11)15-9/h5,7,16H,2-4,6,12H2,1H3,(H,13,14,15). The number of anilines is 2. The monoisotopic (exact) mass is 244 g/mol. The van der Waals surface area contributed by atoms with Crippen LogP contribution in [-0.4, -0.2) is 28.2 Å². The highest BCUT2D eigenvalue weighted by Crippen LogP contribution is 2.16. The van der Waals surface area contributed by atoms with Gasteiger partial charge in [-0.25, -0.2) is 4.98 Å². The van der Waals surface area contributed by atoms with Crippen molar-refractivity contribution in [3.63, 3.8) is 0 Å². The lowest BCUT2D eigenvalue weighted by Crippen LogP contribution is -2.09. The van der Waals surface area contributed by atoms with Gasteiger partial charge in [0.1, 0.15) is 0 Å².